The lowest BCUT2D eigenvalue weighted by Gasteiger charge is -2.32. The summed E-state index contributed by atoms with van der Waals surface area (Å²) in [4.78, 5) is 2.36. The van der Waals surface area contributed by atoms with Gasteiger partial charge < -0.3 is 5.32 Å². The van der Waals surface area contributed by atoms with Crippen molar-refractivity contribution in [2.75, 3.05) is 26.2 Å². The molecule has 68 valence electrons. The third-order valence-corrected chi connectivity index (χ3v) is 2.21. The normalized spacial score (nSPS) is 27.9. The molecule has 0 aromatic heterocycles. The molecule has 12 heavy (non-hydrogen) atoms. The quantitative estimate of drug-likeness (QED) is 0.648. The molecule has 0 amide bonds. The van der Waals surface area contributed by atoms with Crippen LogP contribution in [0.5, 0.6) is 0 Å². The van der Waals surface area contributed by atoms with Crippen molar-refractivity contribution in [2.24, 2.45) is 5.92 Å². The van der Waals surface area contributed by atoms with Crippen LogP contribution in [0.15, 0.2) is 0 Å². The number of hydrogen-bond donors (Lipinski definition) is 1. The Balaban J connectivity index is 2.28. The third kappa shape index (κ3) is 2.80. The van der Waals surface area contributed by atoms with Gasteiger partial charge in [0.25, 0.3) is 0 Å². The Hall–Kier alpha value is -0.590. The predicted molar refractivity (Wildman–Crippen MR) is 48.7 cm³/mol. The molecule has 1 rings (SSSR count). The van der Waals surface area contributed by atoms with Crippen molar-refractivity contribution in [3.05, 3.63) is 0 Å². The topological polar surface area (TPSA) is 39.1 Å². The summed E-state index contributed by atoms with van der Waals surface area (Å²) in [6, 6.07) is 2.84. The molecule has 0 saturated carbocycles. The molecule has 2 atom stereocenters. The zero-order valence-electron chi connectivity index (χ0n) is 7.88. The summed E-state index contributed by atoms with van der Waals surface area (Å²) in [7, 11) is 0. The van der Waals surface area contributed by atoms with Crippen molar-refractivity contribution in [3.63, 3.8) is 0 Å². The number of piperazine rings is 1. The SMILES string of the molecule is CC(C#N)CN1CCN[C@@H](C)C1. The van der Waals surface area contributed by atoms with Gasteiger partial charge in [-0.05, 0) is 13.8 Å². The first-order valence-corrected chi connectivity index (χ1v) is 4.57. The summed E-state index contributed by atoms with van der Waals surface area (Å²) in [6.07, 6.45) is 0. The van der Waals surface area contributed by atoms with Gasteiger partial charge in [0.2, 0.25) is 0 Å². The van der Waals surface area contributed by atoms with Crippen molar-refractivity contribution in [2.45, 2.75) is 19.9 Å². The lowest BCUT2D eigenvalue weighted by atomic mass is 10.1. The van der Waals surface area contributed by atoms with E-state index in [9.17, 15) is 0 Å². The molecule has 1 fully saturated rings. The fourth-order valence-electron chi connectivity index (χ4n) is 1.61. The van der Waals surface area contributed by atoms with Crippen LogP contribution in [0, 0.1) is 17.2 Å². The Bertz CT molecular complexity index is 173. The molecule has 1 unspecified atom stereocenters. The van der Waals surface area contributed by atoms with E-state index in [-0.39, 0.29) is 5.92 Å². The second-order valence-corrected chi connectivity index (χ2v) is 3.64. The summed E-state index contributed by atoms with van der Waals surface area (Å²) in [5.74, 6) is 0.162. The van der Waals surface area contributed by atoms with Crippen LogP contribution in [-0.2, 0) is 0 Å². The van der Waals surface area contributed by atoms with Crippen molar-refractivity contribution < 1.29 is 0 Å². The van der Waals surface area contributed by atoms with Crippen molar-refractivity contribution in [1.29, 1.82) is 5.26 Å². The Morgan fingerprint density at radius 3 is 3.08 bits per heavy atom. The molecule has 1 N–H and O–H groups in total. The van der Waals surface area contributed by atoms with Crippen LogP contribution in [0.4, 0.5) is 0 Å². The zero-order valence-corrected chi connectivity index (χ0v) is 7.88. The molecule has 0 bridgehead atoms. The minimum absolute atomic E-state index is 0.162. The Kier molecular flexibility index (Phi) is 3.51. The van der Waals surface area contributed by atoms with Crippen molar-refractivity contribution in [1.82, 2.24) is 10.2 Å². The van der Waals surface area contributed by atoms with Crippen molar-refractivity contribution >= 4 is 0 Å². The maximum Gasteiger partial charge on any atom is 0.0666 e. The molecule has 1 aliphatic heterocycles. The van der Waals surface area contributed by atoms with Crippen LogP contribution in [0.3, 0.4) is 0 Å². The van der Waals surface area contributed by atoms with Gasteiger partial charge in [-0.1, -0.05) is 0 Å². The van der Waals surface area contributed by atoms with Gasteiger partial charge in [-0.15, -0.1) is 0 Å². The first kappa shape index (κ1) is 9.50. The summed E-state index contributed by atoms with van der Waals surface area (Å²) in [5, 5.41) is 12.0. The van der Waals surface area contributed by atoms with Crippen LogP contribution in [-0.4, -0.2) is 37.1 Å². The van der Waals surface area contributed by atoms with E-state index >= 15 is 0 Å². The summed E-state index contributed by atoms with van der Waals surface area (Å²) >= 11 is 0. The maximum atomic E-state index is 8.64. The van der Waals surface area contributed by atoms with Gasteiger partial charge in [0.05, 0.1) is 12.0 Å². The molecule has 1 aliphatic rings. The van der Waals surface area contributed by atoms with Gasteiger partial charge >= 0.3 is 0 Å². The van der Waals surface area contributed by atoms with E-state index in [0.29, 0.717) is 6.04 Å². The van der Waals surface area contributed by atoms with Crippen molar-refractivity contribution in [3.8, 4) is 6.07 Å². The van der Waals surface area contributed by atoms with Gasteiger partial charge in [-0.2, -0.15) is 5.26 Å². The number of rotatable bonds is 2. The molecule has 0 spiro atoms. The highest BCUT2D eigenvalue weighted by Crippen LogP contribution is 2.02. The first-order chi connectivity index (χ1) is 5.72. The average molecular weight is 167 g/mol. The highest BCUT2D eigenvalue weighted by molar-refractivity contribution is 4.84. The van der Waals surface area contributed by atoms with Crippen LogP contribution >= 0.6 is 0 Å². The summed E-state index contributed by atoms with van der Waals surface area (Å²) < 4.78 is 0. The largest absolute Gasteiger partial charge is 0.312 e. The first-order valence-electron chi connectivity index (χ1n) is 4.57. The van der Waals surface area contributed by atoms with E-state index in [4.69, 9.17) is 5.26 Å². The predicted octanol–water partition coefficient (Wildman–Crippen LogP) is 0.440. The fourth-order valence-corrected chi connectivity index (χ4v) is 1.61. The summed E-state index contributed by atoms with van der Waals surface area (Å²) in [5.41, 5.74) is 0. The van der Waals surface area contributed by atoms with E-state index in [1.807, 2.05) is 6.92 Å². The van der Waals surface area contributed by atoms with E-state index in [2.05, 4.69) is 23.2 Å². The van der Waals surface area contributed by atoms with E-state index in [1.54, 1.807) is 0 Å². The van der Waals surface area contributed by atoms with Gasteiger partial charge in [-0.3, -0.25) is 4.90 Å². The molecule has 0 aliphatic carbocycles. The smallest absolute Gasteiger partial charge is 0.0666 e. The number of hydrogen-bond acceptors (Lipinski definition) is 3. The fraction of sp³-hybridized carbons (Fsp3) is 0.889. The second-order valence-electron chi connectivity index (χ2n) is 3.64. The molecular weight excluding hydrogens is 150 g/mol. The van der Waals surface area contributed by atoms with E-state index in [0.717, 1.165) is 26.2 Å². The van der Waals surface area contributed by atoms with E-state index < -0.39 is 0 Å². The standard InChI is InChI=1S/C9H17N3/c1-8(5-10)6-12-4-3-11-9(2)7-12/h8-9,11H,3-4,6-7H2,1-2H3/t8?,9-/m0/s1. The van der Waals surface area contributed by atoms with Crippen LogP contribution in [0.2, 0.25) is 0 Å². The molecular formula is C9H17N3. The molecule has 3 nitrogen and oxygen atoms in total. The number of nitriles is 1. The van der Waals surface area contributed by atoms with Gasteiger partial charge in [0.1, 0.15) is 0 Å². The lowest BCUT2D eigenvalue weighted by Crippen LogP contribution is -2.50. The second kappa shape index (κ2) is 4.44. The number of nitrogens with zero attached hydrogens (tertiary/aromatic N) is 2. The molecule has 0 radical (unpaired) electrons. The average Bonchev–Trinajstić information content (AvgIpc) is 2.04. The minimum Gasteiger partial charge on any atom is -0.312 e. The molecule has 1 saturated heterocycles. The van der Waals surface area contributed by atoms with Gasteiger partial charge in [-0.25, -0.2) is 0 Å². The summed E-state index contributed by atoms with van der Waals surface area (Å²) in [6.45, 7) is 8.29. The van der Waals surface area contributed by atoms with Crippen LogP contribution < -0.4 is 5.32 Å². The Morgan fingerprint density at radius 1 is 1.75 bits per heavy atom. The maximum absolute atomic E-state index is 8.64. The Labute approximate surface area is 74.4 Å². The monoisotopic (exact) mass is 167 g/mol. The van der Waals surface area contributed by atoms with Crippen LogP contribution in [0.25, 0.3) is 0 Å². The van der Waals surface area contributed by atoms with Gasteiger partial charge in [0, 0.05) is 32.2 Å². The zero-order chi connectivity index (χ0) is 8.97. The number of nitrogens with one attached hydrogen (secondary N) is 1. The molecule has 1 heterocycles. The molecule has 3 heteroatoms. The highest BCUT2D eigenvalue weighted by Gasteiger charge is 2.16. The Morgan fingerprint density at radius 2 is 2.50 bits per heavy atom. The van der Waals surface area contributed by atoms with Crippen LogP contribution in [0.1, 0.15) is 13.8 Å². The minimum atomic E-state index is 0.162. The third-order valence-electron chi connectivity index (χ3n) is 2.21. The molecule has 0 aromatic rings. The lowest BCUT2D eigenvalue weighted by molar-refractivity contribution is 0.195. The highest BCUT2D eigenvalue weighted by atomic mass is 15.2. The van der Waals surface area contributed by atoms with E-state index in [1.165, 1.54) is 0 Å². The van der Waals surface area contributed by atoms with Gasteiger partial charge in [0.15, 0.2) is 0 Å². The molecule has 0 aromatic carbocycles.